The number of amidine groups is 2. The third-order valence-electron chi connectivity index (χ3n) is 2.48. The molecule has 1 aromatic carbocycles. The monoisotopic (exact) mass is 265 g/mol. The molecule has 0 spiro atoms. The van der Waals surface area contributed by atoms with Crippen molar-refractivity contribution in [1.29, 1.82) is 10.8 Å². The van der Waals surface area contributed by atoms with Crippen molar-refractivity contribution >= 4 is 35.2 Å². The summed E-state index contributed by atoms with van der Waals surface area (Å²) < 4.78 is 0. The van der Waals surface area contributed by atoms with Gasteiger partial charge in [-0.1, -0.05) is 13.8 Å². The molecule has 3 N–H and O–H groups in total. The first-order valence-electron chi connectivity index (χ1n) is 5.56. The lowest BCUT2D eigenvalue weighted by Crippen LogP contribution is -2.20. The molecule has 0 aromatic heterocycles. The van der Waals surface area contributed by atoms with Crippen LogP contribution >= 0.6 is 23.5 Å². The molecule has 1 heterocycles. The lowest BCUT2D eigenvalue weighted by atomic mass is 10.1. The Kier molecular flexibility index (Phi) is 3.79. The van der Waals surface area contributed by atoms with E-state index in [2.05, 4.69) is 31.3 Å². The number of nitrogens with one attached hydrogen (secondary N) is 3. The second kappa shape index (κ2) is 5.14. The van der Waals surface area contributed by atoms with E-state index in [0.717, 1.165) is 32.4 Å². The van der Waals surface area contributed by atoms with Gasteiger partial charge in [-0.15, -0.1) is 23.5 Å². The number of hydrogen-bond donors (Lipinski definition) is 3. The maximum atomic E-state index is 7.93. The van der Waals surface area contributed by atoms with Crippen LogP contribution in [0.2, 0.25) is 0 Å². The third-order valence-corrected chi connectivity index (χ3v) is 4.36. The fourth-order valence-corrected chi connectivity index (χ4v) is 3.51. The molecule has 0 saturated carbocycles. The van der Waals surface area contributed by atoms with Crippen molar-refractivity contribution in [2.75, 3.05) is 11.5 Å². The summed E-state index contributed by atoms with van der Waals surface area (Å²) in [6.45, 7) is 4.20. The second-order valence-corrected chi connectivity index (χ2v) is 6.16. The highest BCUT2D eigenvalue weighted by atomic mass is 32.2. The summed E-state index contributed by atoms with van der Waals surface area (Å²) in [5, 5.41) is 18.7. The molecule has 90 valence electrons. The van der Waals surface area contributed by atoms with Gasteiger partial charge in [-0.2, -0.15) is 0 Å². The Balaban J connectivity index is 2.57. The highest BCUT2D eigenvalue weighted by molar-refractivity contribution is 7.99. The summed E-state index contributed by atoms with van der Waals surface area (Å²) in [5.41, 5.74) is 1.81. The average Bonchev–Trinajstić information content (AvgIpc) is 2.59. The van der Waals surface area contributed by atoms with Crippen LogP contribution < -0.4 is 5.32 Å². The van der Waals surface area contributed by atoms with Gasteiger partial charge in [0.2, 0.25) is 0 Å². The summed E-state index contributed by atoms with van der Waals surface area (Å²) in [4.78, 5) is 2.20. The molecule has 17 heavy (non-hydrogen) atoms. The number of hydrogen-bond acceptors (Lipinski definition) is 4. The average molecular weight is 265 g/mol. The molecule has 0 radical (unpaired) electrons. The Morgan fingerprint density at radius 1 is 0.941 bits per heavy atom. The minimum Gasteiger partial charge on any atom is -0.325 e. The van der Waals surface area contributed by atoms with E-state index >= 15 is 0 Å². The first-order chi connectivity index (χ1) is 8.19. The highest BCUT2D eigenvalue weighted by Gasteiger charge is 2.27. The lowest BCUT2D eigenvalue weighted by Gasteiger charge is -2.09. The van der Waals surface area contributed by atoms with Crippen molar-refractivity contribution in [2.45, 2.75) is 23.6 Å². The lowest BCUT2D eigenvalue weighted by molar-refractivity contribution is 1.28. The van der Waals surface area contributed by atoms with Gasteiger partial charge in [0.25, 0.3) is 0 Å². The largest absolute Gasteiger partial charge is 0.325 e. The second-order valence-electron chi connectivity index (χ2n) is 3.55. The Morgan fingerprint density at radius 3 is 1.71 bits per heavy atom. The molecule has 1 aliphatic rings. The molecule has 0 bridgehead atoms. The smallest absolute Gasteiger partial charge is 0.132 e. The molecule has 1 aliphatic heterocycles. The van der Waals surface area contributed by atoms with Crippen LogP contribution in [0.1, 0.15) is 25.0 Å². The minimum absolute atomic E-state index is 0.361. The summed E-state index contributed by atoms with van der Waals surface area (Å²) in [7, 11) is 0. The van der Waals surface area contributed by atoms with Gasteiger partial charge in [-0.05, 0) is 23.6 Å². The van der Waals surface area contributed by atoms with Gasteiger partial charge < -0.3 is 5.32 Å². The molecular formula is C12H15N3S2. The molecule has 0 atom stereocenters. The predicted octanol–water partition coefficient (Wildman–Crippen LogP) is 3.16. The zero-order valence-electron chi connectivity index (χ0n) is 9.89. The predicted molar refractivity (Wildman–Crippen MR) is 76.0 cm³/mol. The molecule has 5 heteroatoms. The zero-order valence-corrected chi connectivity index (χ0v) is 11.5. The molecule has 0 fully saturated rings. The maximum Gasteiger partial charge on any atom is 0.132 e. The van der Waals surface area contributed by atoms with Crippen LogP contribution in [0.4, 0.5) is 0 Å². The van der Waals surface area contributed by atoms with Crippen LogP contribution in [0.15, 0.2) is 21.9 Å². The molecule has 2 rings (SSSR count). The van der Waals surface area contributed by atoms with Gasteiger partial charge in [-0.3, -0.25) is 10.8 Å². The van der Waals surface area contributed by atoms with E-state index in [1.54, 1.807) is 23.5 Å². The van der Waals surface area contributed by atoms with Gasteiger partial charge >= 0.3 is 0 Å². The van der Waals surface area contributed by atoms with Crippen molar-refractivity contribution in [3.05, 3.63) is 23.3 Å². The van der Waals surface area contributed by atoms with Gasteiger partial charge in [0, 0.05) is 20.9 Å². The van der Waals surface area contributed by atoms with Gasteiger partial charge in [0.05, 0.1) is 0 Å². The first-order valence-corrected chi connectivity index (χ1v) is 7.53. The number of thioether (sulfide) groups is 2. The zero-order chi connectivity index (χ0) is 12.4. The molecule has 0 saturated heterocycles. The number of benzene rings is 1. The summed E-state index contributed by atoms with van der Waals surface area (Å²) >= 11 is 3.45. The van der Waals surface area contributed by atoms with Crippen LogP contribution in [-0.4, -0.2) is 23.2 Å². The summed E-state index contributed by atoms with van der Waals surface area (Å²) in [5.74, 6) is 2.68. The van der Waals surface area contributed by atoms with Crippen LogP contribution in [0, 0.1) is 10.8 Å². The van der Waals surface area contributed by atoms with Crippen molar-refractivity contribution < 1.29 is 0 Å². The number of fused-ring (bicyclic) bond motifs is 1. The maximum absolute atomic E-state index is 7.93. The Morgan fingerprint density at radius 2 is 1.35 bits per heavy atom. The quantitative estimate of drug-likeness (QED) is 0.733. The van der Waals surface area contributed by atoms with E-state index in [1.807, 2.05) is 0 Å². The third kappa shape index (κ3) is 2.21. The summed E-state index contributed by atoms with van der Waals surface area (Å²) in [6.07, 6.45) is 0. The highest BCUT2D eigenvalue weighted by Crippen LogP contribution is 2.35. The molecule has 1 aromatic rings. The van der Waals surface area contributed by atoms with E-state index in [4.69, 9.17) is 10.8 Å². The van der Waals surface area contributed by atoms with Crippen molar-refractivity contribution in [1.82, 2.24) is 5.32 Å². The van der Waals surface area contributed by atoms with Crippen LogP contribution in [-0.2, 0) is 0 Å². The van der Waals surface area contributed by atoms with E-state index in [9.17, 15) is 0 Å². The van der Waals surface area contributed by atoms with E-state index < -0.39 is 0 Å². The van der Waals surface area contributed by atoms with Gasteiger partial charge in [0.1, 0.15) is 11.7 Å². The Bertz CT molecular complexity index is 440. The Hall–Kier alpha value is -0.940. The van der Waals surface area contributed by atoms with E-state index in [0.29, 0.717) is 11.7 Å². The molecule has 0 amide bonds. The van der Waals surface area contributed by atoms with E-state index in [1.165, 1.54) is 0 Å². The normalized spacial score (nSPS) is 13.8. The summed E-state index contributed by atoms with van der Waals surface area (Å²) in [6, 6.07) is 4.14. The minimum atomic E-state index is 0.361. The fraction of sp³-hybridized carbons (Fsp3) is 0.333. The van der Waals surface area contributed by atoms with Crippen LogP contribution in [0.25, 0.3) is 0 Å². The molecule has 3 nitrogen and oxygen atoms in total. The first kappa shape index (κ1) is 12.5. The van der Waals surface area contributed by atoms with Crippen molar-refractivity contribution in [3.63, 3.8) is 0 Å². The van der Waals surface area contributed by atoms with Crippen LogP contribution in [0.3, 0.4) is 0 Å². The standard InChI is InChI=1S/C12H15N3S2/c1-3-16-7-5-6-8(17-4-2)10-9(7)11(13)15-12(10)14/h5-6H,3-4H2,1-2H3,(H3,13,14,15). The Labute approximate surface area is 110 Å². The topological polar surface area (TPSA) is 59.7 Å². The molecular weight excluding hydrogens is 250 g/mol. The molecule has 0 aliphatic carbocycles. The molecule has 0 unspecified atom stereocenters. The fourth-order valence-electron chi connectivity index (χ4n) is 1.86. The number of rotatable bonds is 4. The SMILES string of the molecule is CCSc1ccc(SCC)c2c1C(=N)NC2=N. The van der Waals surface area contributed by atoms with Crippen molar-refractivity contribution in [3.8, 4) is 0 Å². The van der Waals surface area contributed by atoms with Gasteiger partial charge in [-0.25, -0.2) is 0 Å². The van der Waals surface area contributed by atoms with Crippen molar-refractivity contribution in [2.24, 2.45) is 0 Å². The van der Waals surface area contributed by atoms with E-state index in [-0.39, 0.29) is 0 Å². The van der Waals surface area contributed by atoms with Gasteiger partial charge in [0.15, 0.2) is 0 Å². The van der Waals surface area contributed by atoms with Crippen LogP contribution in [0.5, 0.6) is 0 Å².